The van der Waals surface area contributed by atoms with E-state index in [1.54, 1.807) is 0 Å². The highest BCUT2D eigenvalue weighted by Crippen LogP contribution is 2.09. The maximum Gasteiger partial charge on any atom is 0.514 e. The number of cyclic esters (lactones) is 2. The van der Waals surface area contributed by atoms with E-state index in [4.69, 9.17) is 0 Å². The van der Waals surface area contributed by atoms with E-state index < -0.39 is 12.8 Å². The summed E-state index contributed by atoms with van der Waals surface area (Å²) < 4.78 is 20.4. The molecule has 10 heavy (non-hydrogen) atoms. The highest BCUT2D eigenvalue weighted by Gasteiger charge is 2.17. The van der Waals surface area contributed by atoms with Gasteiger partial charge >= 0.3 is 6.16 Å². The summed E-state index contributed by atoms with van der Waals surface area (Å²) in [5.74, 6) is 0.405. The van der Waals surface area contributed by atoms with Gasteiger partial charge in [0.15, 0.2) is 6.61 Å². The third-order valence-electron chi connectivity index (χ3n) is 1.03. The van der Waals surface area contributed by atoms with Crippen molar-refractivity contribution in [3.63, 3.8) is 0 Å². The van der Waals surface area contributed by atoms with Crippen LogP contribution in [0.1, 0.15) is 6.42 Å². The summed E-state index contributed by atoms with van der Waals surface area (Å²) in [6.45, 7) is -0.306. The average Bonchev–Trinajstić information content (AvgIpc) is 2.31. The van der Waals surface area contributed by atoms with Gasteiger partial charge in [-0.05, 0) is 12.5 Å². The van der Waals surface area contributed by atoms with E-state index in [1.807, 2.05) is 0 Å². The summed E-state index contributed by atoms with van der Waals surface area (Å²) in [5, 5.41) is 0. The minimum atomic E-state index is -0.704. The lowest BCUT2D eigenvalue weighted by molar-refractivity contribution is 0.136. The molecule has 0 aromatic heterocycles. The summed E-state index contributed by atoms with van der Waals surface area (Å²) in [4.78, 5) is 10.2. The largest absolute Gasteiger partial charge is 0.514 e. The first kappa shape index (κ1) is 7.05. The second-order valence-electron chi connectivity index (χ2n) is 1.79. The highest BCUT2D eigenvalue weighted by atomic mass is 19.1. The van der Waals surface area contributed by atoms with Gasteiger partial charge in [0.2, 0.25) is 0 Å². The van der Waals surface area contributed by atoms with Gasteiger partial charge in [-0.3, -0.25) is 4.39 Å². The van der Waals surface area contributed by atoms with Crippen molar-refractivity contribution < 1.29 is 18.7 Å². The van der Waals surface area contributed by atoms with E-state index in [0.29, 0.717) is 5.76 Å². The molecule has 0 atom stereocenters. The maximum absolute atomic E-state index is 11.5. The molecule has 0 unspecified atom stereocenters. The van der Waals surface area contributed by atoms with Crippen LogP contribution in [0.25, 0.3) is 0 Å². The Bertz CT molecular complexity index is 164. The molecule has 0 saturated carbocycles. The van der Waals surface area contributed by atoms with E-state index in [9.17, 15) is 9.18 Å². The molecule has 1 saturated heterocycles. The Labute approximate surface area is 57.4 Å². The van der Waals surface area contributed by atoms with Crippen LogP contribution in [0.2, 0.25) is 0 Å². The molecule has 0 aliphatic carbocycles. The van der Waals surface area contributed by atoms with Gasteiger partial charge in [-0.25, -0.2) is 4.79 Å². The number of carbonyl (C=O) groups excluding carboxylic acids is 1. The van der Waals surface area contributed by atoms with Crippen LogP contribution in [0.5, 0.6) is 0 Å². The fraction of sp³-hybridized carbons (Fsp3) is 0.500. The summed E-state index contributed by atoms with van der Waals surface area (Å²) in [6, 6.07) is 0. The fourth-order valence-corrected chi connectivity index (χ4v) is 0.612. The molecule has 0 aromatic rings. The minimum Gasteiger partial charge on any atom is -0.426 e. The second kappa shape index (κ2) is 3.20. The number of allylic oxidation sites excluding steroid dienone is 1. The lowest BCUT2D eigenvalue weighted by atomic mass is 10.4. The predicted molar refractivity (Wildman–Crippen MR) is 31.1 cm³/mol. The van der Waals surface area contributed by atoms with E-state index in [-0.39, 0.29) is 13.0 Å². The van der Waals surface area contributed by atoms with Gasteiger partial charge in [0.1, 0.15) is 5.76 Å². The molecular formula is C6H7FO3. The number of hydrogen-bond acceptors (Lipinski definition) is 3. The zero-order chi connectivity index (χ0) is 7.40. The van der Waals surface area contributed by atoms with Gasteiger partial charge < -0.3 is 9.47 Å². The Morgan fingerprint density at radius 3 is 3.00 bits per heavy atom. The lowest BCUT2D eigenvalue weighted by Crippen LogP contribution is -1.88. The number of alkyl halides is 1. The van der Waals surface area contributed by atoms with Crippen molar-refractivity contribution in [1.29, 1.82) is 0 Å². The Kier molecular flexibility index (Phi) is 2.25. The molecule has 1 rings (SSSR count). The van der Waals surface area contributed by atoms with Gasteiger partial charge in [0, 0.05) is 0 Å². The van der Waals surface area contributed by atoms with Gasteiger partial charge in [0.25, 0.3) is 0 Å². The molecule has 0 spiro atoms. The second-order valence-corrected chi connectivity index (χ2v) is 1.79. The smallest absolute Gasteiger partial charge is 0.426 e. The van der Waals surface area contributed by atoms with E-state index in [1.165, 1.54) is 6.08 Å². The molecule has 4 heteroatoms. The number of hydrogen-bond donors (Lipinski definition) is 0. The number of rotatable bonds is 2. The third-order valence-corrected chi connectivity index (χ3v) is 1.03. The summed E-state index contributed by atoms with van der Waals surface area (Å²) in [6.07, 6.45) is 1.07. The lowest BCUT2D eigenvalue weighted by Gasteiger charge is -1.87. The number of carbonyl (C=O) groups is 1. The molecular weight excluding hydrogens is 139 g/mol. The van der Waals surface area contributed by atoms with E-state index >= 15 is 0 Å². The van der Waals surface area contributed by atoms with Crippen molar-refractivity contribution in [2.75, 3.05) is 13.3 Å². The molecule has 1 heterocycles. The number of halogens is 1. The van der Waals surface area contributed by atoms with Crippen molar-refractivity contribution in [1.82, 2.24) is 0 Å². The van der Waals surface area contributed by atoms with Crippen LogP contribution >= 0.6 is 0 Å². The Morgan fingerprint density at radius 2 is 2.50 bits per heavy atom. The average molecular weight is 146 g/mol. The quantitative estimate of drug-likeness (QED) is 0.552. The molecule has 0 radical (unpaired) electrons. The Balaban J connectivity index is 2.36. The molecule has 0 aromatic carbocycles. The zero-order valence-electron chi connectivity index (χ0n) is 5.30. The van der Waals surface area contributed by atoms with E-state index in [2.05, 4.69) is 9.47 Å². The van der Waals surface area contributed by atoms with Crippen molar-refractivity contribution in [2.24, 2.45) is 0 Å². The molecule has 1 aliphatic heterocycles. The van der Waals surface area contributed by atoms with Crippen LogP contribution in [0.4, 0.5) is 9.18 Å². The third kappa shape index (κ3) is 1.72. The molecule has 56 valence electrons. The van der Waals surface area contributed by atoms with Crippen LogP contribution in [-0.2, 0) is 9.47 Å². The topological polar surface area (TPSA) is 35.5 Å². The van der Waals surface area contributed by atoms with Gasteiger partial charge in [-0.1, -0.05) is 0 Å². The van der Waals surface area contributed by atoms with Gasteiger partial charge in [-0.2, -0.15) is 0 Å². The monoisotopic (exact) mass is 146 g/mol. The van der Waals surface area contributed by atoms with Gasteiger partial charge in [0.05, 0.1) is 6.67 Å². The first-order valence-corrected chi connectivity index (χ1v) is 2.92. The summed E-state index contributed by atoms with van der Waals surface area (Å²) >= 11 is 0. The van der Waals surface area contributed by atoms with Crippen LogP contribution < -0.4 is 0 Å². The van der Waals surface area contributed by atoms with Crippen molar-refractivity contribution in [2.45, 2.75) is 6.42 Å². The molecule has 0 bridgehead atoms. The van der Waals surface area contributed by atoms with Gasteiger partial charge in [-0.15, -0.1) is 0 Å². The highest BCUT2D eigenvalue weighted by molar-refractivity contribution is 5.64. The molecule has 0 N–H and O–H groups in total. The molecule has 1 aliphatic rings. The maximum atomic E-state index is 11.5. The van der Waals surface area contributed by atoms with Crippen molar-refractivity contribution in [3.05, 3.63) is 11.8 Å². The van der Waals surface area contributed by atoms with E-state index in [0.717, 1.165) is 0 Å². The summed E-state index contributed by atoms with van der Waals surface area (Å²) in [5.41, 5.74) is 0. The number of ether oxygens (including phenoxy) is 2. The van der Waals surface area contributed by atoms with Crippen LogP contribution in [0, 0.1) is 0 Å². The standard InChI is InChI=1S/C6H7FO3/c7-3-1-2-5-4-9-6(8)10-5/h2H,1,3-4H2. The SMILES string of the molecule is O=C1OCC(=CCCF)O1. The Morgan fingerprint density at radius 1 is 1.70 bits per heavy atom. The van der Waals surface area contributed by atoms with Crippen LogP contribution in [0.15, 0.2) is 11.8 Å². The molecule has 1 fully saturated rings. The fourth-order valence-electron chi connectivity index (χ4n) is 0.612. The normalized spacial score (nSPS) is 20.9. The first-order valence-electron chi connectivity index (χ1n) is 2.92. The van der Waals surface area contributed by atoms with Crippen LogP contribution in [0.3, 0.4) is 0 Å². The minimum absolute atomic E-state index is 0.138. The zero-order valence-corrected chi connectivity index (χ0v) is 5.30. The first-order chi connectivity index (χ1) is 4.83. The van der Waals surface area contributed by atoms with Crippen LogP contribution in [-0.4, -0.2) is 19.4 Å². The Hall–Kier alpha value is -1.06. The molecule has 3 nitrogen and oxygen atoms in total. The predicted octanol–water partition coefficient (Wildman–Crippen LogP) is 1.40. The molecule has 0 amide bonds. The van der Waals surface area contributed by atoms with Crippen molar-refractivity contribution in [3.8, 4) is 0 Å². The summed E-state index contributed by atoms with van der Waals surface area (Å²) in [7, 11) is 0. The van der Waals surface area contributed by atoms with Crippen molar-refractivity contribution >= 4 is 6.16 Å².